The van der Waals surface area contributed by atoms with Gasteiger partial charge in [-0.25, -0.2) is 8.42 Å². The number of carbonyl (C=O) groups excluding carboxylic acids is 2. The van der Waals surface area contributed by atoms with Gasteiger partial charge in [0, 0.05) is 19.0 Å². The summed E-state index contributed by atoms with van der Waals surface area (Å²) in [6, 6.07) is 24.2. The van der Waals surface area contributed by atoms with E-state index in [2.05, 4.69) is 5.32 Å². The third-order valence-electron chi connectivity index (χ3n) is 8.40. The summed E-state index contributed by atoms with van der Waals surface area (Å²) < 4.78 is 29.5. The molecule has 252 valence electrons. The van der Waals surface area contributed by atoms with Crippen molar-refractivity contribution in [3.8, 4) is 0 Å². The molecule has 4 aromatic rings. The molecule has 1 saturated carbocycles. The van der Waals surface area contributed by atoms with E-state index in [9.17, 15) is 18.0 Å². The molecule has 0 heterocycles. The van der Waals surface area contributed by atoms with E-state index < -0.39 is 28.5 Å². The minimum Gasteiger partial charge on any atom is -0.352 e. The average Bonchev–Trinajstić information content (AvgIpc) is 3.58. The van der Waals surface area contributed by atoms with E-state index in [0.29, 0.717) is 10.6 Å². The molecule has 0 radical (unpaired) electrons. The largest absolute Gasteiger partial charge is 0.352 e. The van der Waals surface area contributed by atoms with Crippen molar-refractivity contribution in [2.45, 2.75) is 62.6 Å². The summed E-state index contributed by atoms with van der Waals surface area (Å²) in [5, 5.41) is 3.87. The zero-order chi connectivity index (χ0) is 34.4. The van der Waals surface area contributed by atoms with Gasteiger partial charge in [0.1, 0.15) is 12.6 Å². The third kappa shape index (κ3) is 8.65. The summed E-state index contributed by atoms with van der Waals surface area (Å²) in [7, 11) is -4.34. The van der Waals surface area contributed by atoms with Gasteiger partial charge in [-0.05, 0) is 67.3 Å². The van der Waals surface area contributed by atoms with Gasteiger partial charge in [0.05, 0.1) is 30.7 Å². The second-order valence-electron chi connectivity index (χ2n) is 11.9. The predicted molar refractivity (Wildman–Crippen MR) is 194 cm³/mol. The van der Waals surface area contributed by atoms with E-state index in [0.717, 1.165) is 41.1 Å². The minimum atomic E-state index is -4.34. The molecule has 2 amide bonds. The molecule has 1 aliphatic carbocycles. The number of aryl methyl sites for hydroxylation is 1. The maximum Gasteiger partial charge on any atom is 0.264 e. The van der Waals surface area contributed by atoms with Gasteiger partial charge >= 0.3 is 0 Å². The lowest BCUT2D eigenvalue weighted by molar-refractivity contribution is -0.140. The van der Waals surface area contributed by atoms with Gasteiger partial charge in [0.25, 0.3) is 10.0 Å². The van der Waals surface area contributed by atoms with Crippen molar-refractivity contribution in [2.24, 2.45) is 0 Å². The first-order chi connectivity index (χ1) is 22.9. The molecule has 1 aliphatic rings. The highest BCUT2D eigenvalue weighted by molar-refractivity contribution is 7.92. The number of amides is 2. The van der Waals surface area contributed by atoms with Gasteiger partial charge in [-0.1, -0.05) is 119 Å². The van der Waals surface area contributed by atoms with Gasteiger partial charge in [-0.2, -0.15) is 0 Å². The van der Waals surface area contributed by atoms with Gasteiger partial charge in [0.15, 0.2) is 0 Å². The summed E-state index contributed by atoms with van der Waals surface area (Å²) in [5.74, 6) is -0.955. The first-order valence-corrected chi connectivity index (χ1v) is 18.5. The number of hydrogen-bond donors (Lipinski definition) is 1. The zero-order valence-corrected chi connectivity index (χ0v) is 30.1. The van der Waals surface area contributed by atoms with Crippen molar-refractivity contribution in [3.05, 3.63) is 128 Å². The molecule has 0 bridgehead atoms. The molecule has 0 saturated heterocycles. The maximum absolute atomic E-state index is 14.7. The molecular weight excluding hydrogens is 712 g/mol. The molecule has 1 fully saturated rings. The van der Waals surface area contributed by atoms with Gasteiger partial charge in [-0.3, -0.25) is 13.9 Å². The van der Waals surface area contributed by atoms with Crippen LogP contribution in [0, 0.1) is 6.92 Å². The van der Waals surface area contributed by atoms with E-state index in [4.69, 9.17) is 46.4 Å². The number of sulfonamides is 1. The molecule has 0 aliphatic heterocycles. The number of nitrogens with zero attached hydrogens (tertiary/aromatic N) is 2. The Morgan fingerprint density at radius 2 is 1.50 bits per heavy atom. The molecule has 1 atom stereocenters. The van der Waals surface area contributed by atoms with Gasteiger partial charge in [0.2, 0.25) is 11.8 Å². The van der Waals surface area contributed by atoms with E-state index in [1.54, 1.807) is 36.4 Å². The second kappa shape index (κ2) is 16.0. The van der Waals surface area contributed by atoms with Crippen molar-refractivity contribution < 1.29 is 18.0 Å². The quantitative estimate of drug-likeness (QED) is 0.158. The number of benzene rings is 4. The van der Waals surface area contributed by atoms with Crippen LogP contribution in [0.25, 0.3) is 0 Å². The second-order valence-corrected chi connectivity index (χ2v) is 15.3. The third-order valence-corrected chi connectivity index (χ3v) is 11.7. The molecule has 0 spiro atoms. The Hall–Kier alpha value is -3.27. The molecule has 1 unspecified atom stereocenters. The van der Waals surface area contributed by atoms with Crippen LogP contribution >= 0.6 is 46.4 Å². The number of hydrogen-bond acceptors (Lipinski definition) is 4. The highest BCUT2D eigenvalue weighted by atomic mass is 35.5. The molecule has 5 rings (SSSR count). The normalized spacial score (nSPS) is 14.0. The van der Waals surface area contributed by atoms with Crippen LogP contribution in [0.3, 0.4) is 0 Å². The van der Waals surface area contributed by atoms with Crippen molar-refractivity contribution in [1.82, 2.24) is 10.2 Å². The van der Waals surface area contributed by atoms with Crippen LogP contribution in [0.2, 0.25) is 20.1 Å². The van der Waals surface area contributed by atoms with Gasteiger partial charge < -0.3 is 10.2 Å². The van der Waals surface area contributed by atoms with Crippen LogP contribution in [0.5, 0.6) is 0 Å². The van der Waals surface area contributed by atoms with E-state index in [1.165, 1.54) is 29.2 Å². The molecule has 1 N–H and O–H groups in total. The molecule has 7 nitrogen and oxygen atoms in total. The lowest BCUT2D eigenvalue weighted by atomic mass is 10.0. The Kier molecular flexibility index (Phi) is 12.0. The van der Waals surface area contributed by atoms with Crippen LogP contribution < -0.4 is 9.62 Å². The topological polar surface area (TPSA) is 86.8 Å². The Bertz CT molecular complexity index is 1870. The van der Waals surface area contributed by atoms with Crippen molar-refractivity contribution in [3.63, 3.8) is 0 Å². The van der Waals surface area contributed by atoms with Crippen LogP contribution in [-0.4, -0.2) is 43.8 Å². The smallest absolute Gasteiger partial charge is 0.264 e. The Morgan fingerprint density at radius 1 is 0.812 bits per heavy atom. The van der Waals surface area contributed by atoms with E-state index in [-0.39, 0.29) is 50.6 Å². The molecule has 0 aromatic heterocycles. The maximum atomic E-state index is 14.7. The Morgan fingerprint density at radius 3 is 2.17 bits per heavy atom. The molecule has 48 heavy (non-hydrogen) atoms. The molecular formula is C36H35Cl4N3O4S. The zero-order valence-electron chi connectivity index (χ0n) is 26.2. The molecule has 4 aromatic carbocycles. The van der Waals surface area contributed by atoms with Crippen molar-refractivity contribution in [1.29, 1.82) is 0 Å². The number of carbonyl (C=O) groups is 2. The fourth-order valence-corrected chi connectivity index (χ4v) is 7.99. The summed E-state index contributed by atoms with van der Waals surface area (Å²) in [5.41, 5.74) is 2.33. The first-order valence-electron chi connectivity index (χ1n) is 15.5. The molecule has 12 heteroatoms. The van der Waals surface area contributed by atoms with Gasteiger partial charge in [-0.15, -0.1) is 0 Å². The number of rotatable bonds is 12. The highest BCUT2D eigenvalue weighted by Crippen LogP contribution is 2.36. The van der Waals surface area contributed by atoms with Crippen LogP contribution in [0.1, 0.15) is 42.4 Å². The Balaban J connectivity index is 1.60. The SMILES string of the molecule is Cc1ccc(S(=O)(=O)N(CC(=O)N(Cc2ccc(Cl)c(Cl)c2)C(Cc2ccccc2)C(=O)NC2CCCC2)c2cccc(Cl)c2Cl)cc1. The lowest BCUT2D eigenvalue weighted by Gasteiger charge is -2.34. The highest BCUT2D eigenvalue weighted by Gasteiger charge is 2.36. The summed E-state index contributed by atoms with van der Waals surface area (Å²) in [4.78, 5) is 30.2. The number of halogens is 4. The van der Waals surface area contributed by atoms with Crippen LogP contribution in [0.4, 0.5) is 5.69 Å². The summed E-state index contributed by atoms with van der Waals surface area (Å²) in [6.07, 6.45) is 3.90. The lowest BCUT2D eigenvalue weighted by Crippen LogP contribution is -2.54. The number of nitrogens with one attached hydrogen (secondary N) is 1. The summed E-state index contributed by atoms with van der Waals surface area (Å²) >= 11 is 25.5. The van der Waals surface area contributed by atoms with E-state index >= 15 is 0 Å². The van der Waals surface area contributed by atoms with Crippen LogP contribution in [-0.2, 0) is 32.6 Å². The monoisotopic (exact) mass is 745 g/mol. The van der Waals surface area contributed by atoms with Crippen molar-refractivity contribution >= 4 is 73.9 Å². The fraction of sp³-hybridized carbons (Fsp3) is 0.278. The fourth-order valence-electron chi connectivity index (χ4n) is 5.79. The van der Waals surface area contributed by atoms with Crippen LogP contribution in [0.15, 0.2) is 95.9 Å². The standard InChI is InChI=1S/C36H35Cl4N3O4S/c1-24-14-17-28(18-15-24)48(46,47)43(32-13-7-12-30(38)35(32)40)23-34(44)42(22-26-16-19-29(37)31(39)20-26)33(21-25-8-3-2-4-9-25)36(45)41-27-10-5-6-11-27/h2-4,7-9,12-20,27,33H,5-6,10-11,21-23H2,1H3,(H,41,45). The minimum absolute atomic E-state index is 0.0126. The first kappa shape index (κ1) is 36.0. The predicted octanol–water partition coefficient (Wildman–Crippen LogP) is 8.50. The summed E-state index contributed by atoms with van der Waals surface area (Å²) in [6.45, 7) is 1.13. The van der Waals surface area contributed by atoms with Crippen molar-refractivity contribution in [2.75, 3.05) is 10.8 Å². The van der Waals surface area contributed by atoms with E-state index in [1.807, 2.05) is 37.3 Å². The Labute approximate surface area is 301 Å². The average molecular weight is 748 g/mol. The number of anilines is 1.